The number of H-pyrrole nitrogens is 1. The molecule has 4 heterocycles. The van der Waals surface area contributed by atoms with Crippen LogP contribution < -0.4 is 0 Å². The lowest BCUT2D eigenvalue weighted by atomic mass is 10.1. The minimum atomic E-state index is 0.862. The number of hydrogen-bond acceptors (Lipinski definition) is 2. The maximum atomic E-state index is 6.17. The largest absolute Gasteiger partial charge is 0.456 e. The van der Waals surface area contributed by atoms with Crippen molar-refractivity contribution in [3.63, 3.8) is 0 Å². The van der Waals surface area contributed by atoms with E-state index in [1.165, 1.54) is 11.1 Å². The highest BCUT2D eigenvalue weighted by Crippen LogP contribution is 2.32. The topological polar surface area (TPSA) is 46.2 Å². The zero-order valence-corrected chi connectivity index (χ0v) is 14.4. The van der Waals surface area contributed by atoms with Gasteiger partial charge in [-0.2, -0.15) is 5.10 Å². The molecule has 0 bridgehead atoms. The van der Waals surface area contributed by atoms with Crippen molar-refractivity contribution >= 4 is 27.4 Å². The van der Waals surface area contributed by atoms with Crippen LogP contribution in [0.2, 0.25) is 0 Å². The molecule has 6 rings (SSSR count). The predicted octanol–water partition coefficient (Wildman–Crippen LogP) is 5.90. The quantitative estimate of drug-likeness (QED) is 0.423. The van der Waals surface area contributed by atoms with Crippen molar-refractivity contribution in [2.45, 2.75) is 0 Å². The number of benzene rings is 2. The van der Waals surface area contributed by atoms with Gasteiger partial charge in [-0.1, -0.05) is 30.3 Å². The number of hydrogen-bond donors (Lipinski definition) is 1. The number of pyridine rings is 1. The van der Waals surface area contributed by atoms with Crippen molar-refractivity contribution in [1.82, 2.24) is 14.6 Å². The summed E-state index contributed by atoms with van der Waals surface area (Å²) in [5.74, 6) is 0.862. The Morgan fingerprint density at radius 3 is 2.70 bits per heavy atom. The van der Waals surface area contributed by atoms with E-state index in [4.69, 9.17) is 4.42 Å². The van der Waals surface area contributed by atoms with Crippen molar-refractivity contribution in [3.8, 4) is 22.5 Å². The summed E-state index contributed by atoms with van der Waals surface area (Å²) < 4.78 is 8.31. The van der Waals surface area contributed by atoms with Gasteiger partial charge in [0.15, 0.2) is 0 Å². The fraction of sp³-hybridized carbons (Fsp3) is 0. The van der Waals surface area contributed by atoms with Gasteiger partial charge in [0.05, 0.1) is 11.7 Å². The van der Waals surface area contributed by atoms with E-state index in [9.17, 15) is 0 Å². The Bertz CT molecular complexity index is 1400. The second-order valence-electron chi connectivity index (χ2n) is 6.80. The van der Waals surface area contributed by atoms with Crippen LogP contribution in [-0.2, 0) is 0 Å². The molecule has 0 atom stereocenters. The third-order valence-corrected chi connectivity index (χ3v) is 5.08. The fourth-order valence-electron chi connectivity index (χ4n) is 3.66. The van der Waals surface area contributed by atoms with Crippen LogP contribution in [0.4, 0.5) is 0 Å². The highest BCUT2D eigenvalue weighted by Gasteiger charge is 2.10. The Morgan fingerprint density at radius 1 is 0.815 bits per heavy atom. The molecule has 4 nitrogen and oxygen atoms in total. The average molecular weight is 349 g/mol. The molecule has 0 unspecified atom stereocenters. The average Bonchev–Trinajstić information content (AvgIpc) is 3.42. The highest BCUT2D eigenvalue weighted by atomic mass is 16.3. The van der Waals surface area contributed by atoms with Crippen LogP contribution in [0.5, 0.6) is 0 Å². The van der Waals surface area contributed by atoms with Gasteiger partial charge in [0.25, 0.3) is 0 Å². The third kappa shape index (κ3) is 2.27. The summed E-state index contributed by atoms with van der Waals surface area (Å²) in [7, 11) is 0. The number of aromatic nitrogens is 3. The molecular weight excluding hydrogens is 334 g/mol. The molecule has 0 aliphatic rings. The summed E-state index contributed by atoms with van der Waals surface area (Å²) in [5, 5.41) is 9.29. The zero-order chi connectivity index (χ0) is 17.8. The van der Waals surface area contributed by atoms with Gasteiger partial charge >= 0.3 is 0 Å². The molecule has 0 spiro atoms. The molecule has 2 aromatic carbocycles. The minimum absolute atomic E-state index is 0.862. The fourth-order valence-corrected chi connectivity index (χ4v) is 3.66. The molecule has 0 amide bonds. The standard InChI is InChI=1S/C23H15N3O/c1-2-8-26-14-19(9-20(26)3-1)15-4-5-17-12-23(27-22(17)11-15)16-6-7-18-13-24-25-21(18)10-16/h1-14H,(H,24,25). The van der Waals surface area contributed by atoms with Gasteiger partial charge in [-0.25, -0.2) is 0 Å². The number of nitrogens with one attached hydrogen (secondary N) is 1. The minimum Gasteiger partial charge on any atom is -0.456 e. The van der Waals surface area contributed by atoms with Crippen LogP contribution in [-0.4, -0.2) is 14.6 Å². The highest BCUT2D eigenvalue weighted by molar-refractivity contribution is 5.89. The molecule has 0 aliphatic heterocycles. The monoisotopic (exact) mass is 349 g/mol. The molecule has 6 aromatic rings. The van der Waals surface area contributed by atoms with Crippen molar-refractivity contribution in [3.05, 3.63) is 85.3 Å². The molecule has 0 fully saturated rings. The molecule has 4 heteroatoms. The number of fused-ring (bicyclic) bond motifs is 3. The van der Waals surface area contributed by atoms with Gasteiger partial charge in [-0.15, -0.1) is 0 Å². The van der Waals surface area contributed by atoms with Gasteiger partial charge < -0.3 is 8.82 Å². The normalized spacial score (nSPS) is 11.7. The lowest BCUT2D eigenvalue weighted by molar-refractivity contribution is 0.632. The smallest absolute Gasteiger partial charge is 0.135 e. The molecule has 4 aromatic heterocycles. The first-order chi connectivity index (χ1) is 13.3. The second-order valence-corrected chi connectivity index (χ2v) is 6.80. The summed E-state index contributed by atoms with van der Waals surface area (Å²) in [6.07, 6.45) is 6.03. The van der Waals surface area contributed by atoms with E-state index in [-0.39, 0.29) is 0 Å². The number of aromatic amines is 1. The first kappa shape index (κ1) is 14.4. The maximum Gasteiger partial charge on any atom is 0.135 e. The number of nitrogens with zero attached hydrogens (tertiary/aromatic N) is 2. The SMILES string of the molecule is c1ccn2cc(-c3ccc4cc(-c5ccc6cn[nH]c6c5)oc4c3)cc2c1. The van der Waals surface area contributed by atoms with Crippen LogP contribution in [0, 0.1) is 0 Å². The summed E-state index contributed by atoms with van der Waals surface area (Å²) in [6, 6.07) is 23.1. The summed E-state index contributed by atoms with van der Waals surface area (Å²) in [4.78, 5) is 0. The van der Waals surface area contributed by atoms with Crippen LogP contribution in [0.15, 0.2) is 89.7 Å². The first-order valence-corrected chi connectivity index (χ1v) is 8.88. The summed E-state index contributed by atoms with van der Waals surface area (Å²) in [6.45, 7) is 0. The van der Waals surface area contributed by atoms with E-state index >= 15 is 0 Å². The van der Waals surface area contributed by atoms with E-state index < -0.39 is 0 Å². The maximum absolute atomic E-state index is 6.17. The lowest BCUT2D eigenvalue weighted by Crippen LogP contribution is -1.77. The molecule has 0 radical (unpaired) electrons. The van der Waals surface area contributed by atoms with E-state index in [0.717, 1.165) is 38.8 Å². The molecule has 0 saturated carbocycles. The summed E-state index contributed by atoms with van der Waals surface area (Å²) in [5.41, 5.74) is 6.45. The molecular formula is C23H15N3O. The molecule has 0 aliphatic carbocycles. The van der Waals surface area contributed by atoms with E-state index in [0.29, 0.717) is 0 Å². The van der Waals surface area contributed by atoms with Crippen molar-refractivity contribution in [2.75, 3.05) is 0 Å². The van der Waals surface area contributed by atoms with Gasteiger partial charge in [0, 0.05) is 39.8 Å². The van der Waals surface area contributed by atoms with Crippen molar-refractivity contribution in [2.24, 2.45) is 0 Å². The Kier molecular flexibility index (Phi) is 2.85. The van der Waals surface area contributed by atoms with Gasteiger partial charge in [0.2, 0.25) is 0 Å². The Morgan fingerprint density at radius 2 is 1.74 bits per heavy atom. The van der Waals surface area contributed by atoms with Crippen LogP contribution >= 0.6 is 0 Å². The van der Waals surface area contributed by atoms with Gasteiger partial charge in [-0.3, -0.25) is 5.10 Å². The Balaban J connectivity index is 1.46. The Hall–Kier alpha value is -3.79. The third-order valence-electron chi connectivity index (χ3n) is 5.08. The van der Waals surface area contributed by atoms with E-state index in [1.807, 2.05) is 12.3 Å². The van der Waals surface area contributed by atoms with Crippen LogP contribution in [0.3, 0.4) is 0 Å². The van der Waals surface area contributed by atoms with Gasteiger partial charge in [-0.05, 0) is 42.0 Å². The molecule has 1 N–H and O–H groups in total. The van der Waals surface area contributed by atoms with E-state index in [1.54, 1.807) is 0 Å². The molecule has 27 heavy (non-hydrogen) atoms. The zero-order valence-electron chi connectivity index (χ0n) is 14.4. The van der Waals surface area contributed by atoms with Gasteiger partial charge in [0.1, 0.15) is 11.3 Å². The van der Waals surface area contributed by atoms with Crippen LogP contribution in [0.1, 0.15) is 0 Å². The van der Waals surface area contributed by atoms with Crippen LogP contribution in [0.25, 0.3) is 49.8 Å². The first-order valence-electron chi connectivity index (χ1n) is 8.88. The van der Waals surface area contributed by atoms with Crippen molar-refractivity contribution in [1.29, 1.82) is 0 Å². The Labute approximate surface area is 154 Å². The lowest BCUT2D eigenvalue weighted by Gasteiger charge is -1.97. The predicted molar refractivity (Wildman–Crippen MR) is 108 cm³/mol. The van der Waals surface area contributed by atoms with Crippen molar-refractivity contribution < 1.29 is 4.42 Å². The summed E-state index contributed by atoms with van der Waals surface area (Å²) >= 11 is 0. The van der Waals surface area contributed by atoms with E-state index in [2.05, 4.69) is 87.7 Å². The second kappa shape index (κ2) is 5.35. The number of rotatable bonds is 2. The number of furan rings is 1. The molecule has 128 valence electrons. The molecule has 0 saturated heterocycles.